The van der Waals surface area contributed by atoms with Gasteiger partial charge in [0.25, 0.3) is 0 Å². The highest BCUT2D eigenvalue weighted by Crippen LogP contribution is 2.34. The first kappa shape index (κ1) is 58.8. The summed E-state index contributed by atoms with van der Waals surface area (Å²) in [6, 6.07) is 0. The minimum absolute atomic E-state index is 1.37. The van der Waals surface area contributed by atoms with Crippen molar-refractivity contribution >= 4 is 0 Å². The number of piperazine rings is 15. The maximum atomic E-state index is 2.35. The highest BCUT2D eigenvalue weighted by Gasteiger charge is 2.53. The second-order valence-electron chi connectivity index (χ2n) is 31.1. The van der Waals surface area contributed by atoms with Crippen molar-refractivity contribution in [2.24, 2.45) is 0 Å². The number of quaternary nitrogens is 10. The smallest absolute Gasteiger partial charge is 0.129 e. The number of fused-ring (bicyclic) bond motifs is 15. The van der Waals surface area contributed by atoms with E-state index in [2.05, 4.69) is 13.8 Å². The van der Waals surface area contributed by atoms with Gasteiger partial charge in [0.15, 0.2) is 0 Å². The van der Waals surface area contributed by atoms with Crippen molar-refractivity contribution in [3.05, 3.63) is 0 Å². The van der Waals surface area contributed by atoms with E-state index in [1.807, 2.05) is 0 Å². The lowest BCUT2D eigenvalue weighted by Crippen LogP contribution is -2.75. The molecule has 15 saturated heterocycles. The number of nitrogens with zero attached hydrogens (tertiary/aromatic N) is 10. The van der Waals surface area contributed by atoms with Gasteiger partial charge < -0.3 is 44.8 Å². The first-order valence-electron chi connectivity index (χ1n) is 35.6. The molecule has 0 atom stereocenters. The molecule has 0 aliphatic carbocycles. The van der Waals surface area contributed by atoms with Crippen molar-refractivity contribution in [2.75, 3.05) is 262 Å². The van der Waals surface area contributed by atoms with Gasteiger partial charge in [0, 0.05) is 0 Å². The normalized spacial score (nSPS) is 40.2. The summed E-state index contributed by atoms with van der Waals surface area (Å²) in [5, 5.41) is 0. The SMILES string of the molecule is CCCCCC[N+]12CC[N+](CCCCCC[N+]34CC[N+](CCCCCC[N+]56CC[N+](CCCCCC[N+]78CC[N+](CCCCCC[N+]9%10CC[N+](CCCCCC)(CC9)CC%10)(CC7)CC8)(CC5)CC6)(CC3)CC4)(CC1)CC2. The molecular formula is C66H134N10+10. The molecule has 0 radical (unpaired) electrons. The molecule has 15 aliphatic rings. The van der Waals surface area contributed by atoms with Crippen LogP contribution >= 0.6 is 0 Å². The number of hydrogen-bond acceptors (Lipinski definition) is 0. The second kappa shape index (κ2) is 26.5. The molecule has 15 heterocycles. The van der Waals surface area contributed by atoms with E-state index in [0.717, 1.165) is 0 Å². The molecule has 15 aliphatic heterocycles. The lowest BCUT2D eigenvalue weighted by atomic mass is 10.0. The van der Waals surface area contributed by atoms with Gasteiger partial charge >= 0.3 is 0 Å². The molecule has 15 rings (SSSR count). The average molecular weight is 1070 g/mol. The van der Waals surface area contributed by atoms with Crippen LogP contribution in [-0.2, 0) is 0 Å². The standard InChI is InChI=1S/C66H134N10/c1-3-5-7-17-27-67-37-43-69(44-38-67,45-39-67)29-19-9-11-21-31-71-49-55-73(56-50-71,57-51-71)33-23-13-15-25-35-75-61-64-76(65-62-75,66-63-75)36-26-16-14-24-34-74-58-52-72(53-59-74,54-60-74)32-22-12-10-20-30-70-46-40-68(41-47-70,42-48-70)28-18-8-6-4-2/h3-66H2,1-2H3/q+10. The van der Waals surface area contributed by atoms with Gasteiger partial charge in [0.1, 0.15) is 196 Å². The molecule has 0 unspecified atom stereocenters. The monoisotopic (exact) mass is 1070 g/mol. The molecule has 10 heteroatoms. The van der Waals surface area contributed by atoms with Crippen LogP contribution in [0.2, 0.25) is 0 Å². The van der Waals surface area contributed by atoms with E-state index in [1.54, 1.807) is 0 Å². The fourth-order valence-corrected chi connectivity index (χ4v) is 19.8. The van der Waals surface area contributed by atoms with Crippen LogP contribution in [0.25, 0.3) is 0 Å². The number of unbranched alkanes of at least 4 members (excludes halogenated alkanes) is 18. The van der Waals surface area contributed by atoms with Crippen molar-refractivity contribution in [3.63, 3.8) is 0 Å². The maximum Gasteiger partial charge on any atom is 0.129 e. The van der Waals surface area contributed by atoms with Crippen molar-refractivity contribution in [3.8, 4) is 0 Å². The number of hydrogen-bond donors (Lipinski definition) is 0. The summed E-state index contributed by atoms with van der Waals surface area (Å²) in [4.78, 5) is 0. The molecule has 0 spiro atoms. The summed E-state index contributed by atoms with van der Waals surface area (Å²) in [5.74, 6) is 0. The molecule has 76 heavy (non-hydrogen) atoms. The van der Waals surface area contributed by atoms with Crippen molar-refractivity contribution in [1.29, 1.82) is 0 Å². The van der Waals surface area contributed by atoms with E-state index < -0.39 is 0 Å². The van der Waals surface area contributed by atoms with Gasteiger partial charge in [0.2, 0.25) is 0 Å². The Bertz CT molecular complexity index is 1500. The zero-order valence-electron chi connectivity index (χ0n) is 51.7. The van der Waals surface area contributed by atoms with Crippen molar-refractivity contribution in [1.82, 2.24) is 0 Å². The highest BCUT2D eigenvalue weighted by molar-refractivity contribution is 4.69. The fraction of sp³-hybridized carbons (Fsp3) is 1.00. The van der Waals surface area contributed by atoms with Gasteiger partial charge in [-0.1, -0.05) is 39.5 Å². The average Bonchev–Trinajstić information content (AvgIpc) is 3.49. The van der Waals surface area contributed by atoms with E-state index in [-0.39, 0.29) is 0 Å². The third-order valence-electron chi connectivity index (χ3n) is 26.8. The molecule has 0 N–H and O–H groups in total. The Balaban J connectivity index is 0.504. The van der Waals surface area contributed by atoms with Crippen LogP contribution in [0, 0.1) is 0 Å². The van der Waals surface area contributed by atoms with Crippen LogP contribution in [0.1, 0.15) is 168 Å². The quantitative estimate of drug-likeness (QED) is 0.0430. The highest BCUT2D eigenvalue weighted by atomic mass is 15.6. The largest absolute Gasteiger partial charge is 0.310 e. The predicted molar refractivity (Wildman–Crippen MR) is 319 cm³/mol. The molecule has 0 amide bonds. The summed E-state index contributed by atoms with van der Waals surface area (Å²) in [5.41, 5.74) is 0. The molecule has 0 saturated carbocycles. The van der Waals surface area contributed by atoms with Gasteiger partial charge in [-0.05, 0) is 128 Å². The lowest BCUT2D eigenvalue weighted by molar-refractivity contribution is -1.08. The Labute approximate surface area is 472 Å². The van der Waals surface area contributed by atoms with Crippen LogP contribution < -0.4 is 0 Å². The Morgan fingerprint density at radius 2 is 0.224 bits per heavy atom. The van der Waals surface area contributed by atoms with Gasteiger partial charge in [-0.15, -0.1) is 0 Å². The summed E-state index contributed by atoms with van der Waals surface area (Å²) < 4.78 is 15.0. The zero-order chi connectivity index (χ0) is 52.3. The summed E-state index contributed by atoms with van der Waals surface area (Å²) >= 11 is 0. The van der Waals surface area contributed by atoms with E-state index in [4.69, 9.17) is 0 Å². The van der Waals surface area contributed by atoms with Gasteiger partial charge in [-0.25, -0.2) is 0 Å². The van der Waals surface area contributed by atoms with Gasteiger partial charge in [-0.2, -0.15) is 0 Å². The Hall–Kier alpha value is -0.400. The lowest BCUT2D eigenvalue weighted by Gasteiger charge is -2.56. The van der Waals surface area contributed by atoms with Gasteiger partial charge in [-0.3, -0.25) is 0 Å². The topological polar surface area (TPSA) is 0 Å². The Morgan fingerprint density at radius 1 is 0.132 bits per heavy atom. The molecule has 10 nitrogen and oxygen atoms in total. The van der Waals surface area contributed by atoms with Crippen LogP contribution in [-0.4, -0.2) is 307 Å². The van der Waals surface area contributed by atoms with Crippen LogP contribution in [0.3, 0.4) is 0 Å². The molecule has 438 valence electrons. The van der Waals surface area contributed by atoms with Crippen LogP contribution in [0.15, 0.2) is 0 Å². The molecule has 0 aromatic carbocycles. The first-order valence-corrected chi connectivity index (χ1v) is 35.6. The fourth-order valence-electron chi connectivity index (χ4n) is 19.8. The minimum atomic E-state index is 1.37. The third kappa shape index (κ3) is 14.7. The van der Waals surface area contributed by atoms with Crippen LogP contribution in [0.4, 0.5) is 0 Å². The third-order valence-corrected chi connectivity index (χ3v) is 26.8. The van der Waals surface area contributed by atoms with Crippen molar-refractivity contribution in [2.45, 2.75) is 168 Å². The first-order chi connectivity index (χ1) is 37.1. The van der Waals surface area contributed by atoms with E-state index >= 15 is 0 Å². The summed E-state index contributed by atoms with van der Waals surface area (Å²) in [6.07, 6.45) is 35.5. The van der Waals surface area contributed by atoms with Crippen LogP contribution in [0.5, 0.6) is 0 Å². The molecule has 0 aromatic heterocycles. The summed E-state index contributed by atoms with van der Waals surface area (Å²) in [7, 11) is 0. The van der Waals surface area contributed by atoms with E-state index in [0.29, 0.717) is 0 Å². The summed E-state index contributed by atoms with van der Waals surface area (Å²) in [6.45, 7) is 64.5. The van der Waals surface area contributed by atoms with E-state index in [9.17, 15) is 0 Å². The minimum Gasteiger partial charge on any atom is -0.310 e. The Kier molecular flexibility index (Phi) is 20.5. The zero-order valence-corrected chi connectivity index (χ0v) is 51.7. The molecular weight excluding hydrogens is 933 g/mol. The second-order valence-corrected chi connectivity index (χ2v) is 31.1. The van der Waals surface area contributed by atoms with Crippen molar-refractivity contribution < 1.29 is 44.8 Å². The van der Waals surface area contributed by atoms with E-state index in [1.165, 1.54) is 461 Å². The van der Waals surface area contributed by atoms with Gasteiger partial charge in [0.05, 0.1) is 65.4 Å². The molecule has 10 bridgehead atoms. The molecule has 15 fully saturated rings. The molecule has 0 aromatic rings. The number of rotatable bonds is 38. The Morgan fingerprint density at radius 3 is 0.316 bits per heavy atom. The maximum absolute atomic E-state index is 2.35. The predicted octanol–water partition coefficient (Wildman–Crippen LogP) is 8.69.